The highest BCUT2D eigenvalue weighted by molar-refractivity contribution is 6.02. The average molecular weight is 266 g/mol. The molecule has 0 saturated heterocycles. The van der Waals surface area contributed by atoms with Crippen LogP contribution in [0.1, 0.15) is 52.7 Å². The van der Waals surface area contributed by atoms with Gasteiger partial charge in [0.1, 0.15) is 11.4 Å². The van der Waals surface area contributed by atoms with Gasteiger partial charge >= 0.3 is 11.9 Å². The second kappa shape index (κ2) is 4.24. The second-order valence-corrected chi connectivity index (χ2v) is 5.13. The van der Waals surface area contributed by atoms with Crippen molar-refractivity contribution in [2.75, 3.05) is 0 Å². The summed E-state index contributed by atoms with van der Waals surface area (Å²) < 4.78 is 5.60. The van der Waals surface area contributed by atoms with Crippen molar-refractivity contribution in [2.45, 2.75) is 32.0 Å². The SMILES string of the molecule is CC1(C)CC(O)c2cc(C(=O)O)c(C(=O)O)cc2O1. The van der Waals surface area contributed by atoms with E-state index < -0.39 is 23.6 Å². The summed E-state index contributed by atoms with van der Waals surface area (Å²) in [6, 6.07) is 2.33. The van der Waals surface area contributed by atoms with Crippen LogP contribution in [0.25, 0.3) is 0 Å². The predicted molar refractivity (Wildman–Crippen MR) is 64.6 cm³/mol. The van der Waals surface area contributed by atoms with Gasteiger partial charge in [0.2, 0.25) is 0 Å². The fourth-order valence-corrected chi connectivity index (χ4v) is 2.21. The first-order valence-corrected chi connectivity index (χ1v) is 5.73. The van der Waals surface area contributed by atoms with E-state index >= 15 is 0 Å². The zero-order valence-corrected chi connectivity index (χ0v) is 10.5. The Balaban J connectivity index is 2.63. The Labute approximate surface area is 109 Å². The molecule has 1 aliphatic rings. The van der Waals surface area contributed by atoms with Crippen molar-refractivity contribution < 1.29 is 29.6 Å². The number of rotatable bonds is 2. The Kier molecular flexibility index (Phi) is 2.98. The third kappa shape index (κ3) is 2.39. The monoisotopic (exact) mass is 266 g/mol. The smallest absolute Gasteiger partial charge is 0.336 e. The molecule has 0 fully saturated rings. The first kappa shape index (κ1) is 13.4. The molecule has 102 valence electrons. The molecule has 0 saturated carbocycles. The first-order chi connectivity index (χ1) is 8.71. The Hall–Kier alpha value is -2.08. The highest BCUT2D eigenvalue weighted by atomic mass is 16.5. The van der Waals surface area contributed by atoms with Crippen LogP contribution in [0.5, 0.6) is 5.75 Å². The van der Waals surface area contributed by atoms with Crippen molar-refractivity contribution in [1.82, 2.24) is 0 Å². The lowest BCUT2D eigenvalue weighted by Crippen LogP contribution is -2.35. The molecule has 1 heterocycles. The minimum Gasteiger partial charge on any atom is -0.487 e. The molecule has 0 bridgehead atoms. The van der Waals surface area contributed by atoms with Crippen LogP contribution in [0.2, 0.25) is 0 Å². The van der Waals surface area contributed by atoms with Gasteiger partial charge < -0.3 is 20.1 Å². The third-order valence-corrected chi connectivity index (χ3v) is 3.04. The maximum absolute atomic E-state index is 11.1. The molecule has 1 aromatic carbocycles. The molecule has 0 aromatic heterocycles. The van der Waals surface area contributed by atoms with Gasteiger partial charge in [0, 0.05) is 12.0 Å². The number of carboxylic acids is 2. The van der Waals surface area contributed by atoms with Gasteiger partial charge in [-0.25, -0.2) is 9.59 Å². The van der Waals surface area contributed by atoms with Crippen LogP contribution in [-0.2, 0) is 0 Å². The van der Waals surface area contributed by atoms with Crippen molar-refractivity contribution in [3.05, 3.63) is 28.8 Å². The summed E-state index contributed by atoms with van der Waals surface area (Å²) in [7, 11) is 0. The lowest BCUT2D eigenvalue weighted by molar-refractivity contribution is 0.0112. The molecule has 1 aliphatic heterocycles. The van der Waals surface area contributed by atoms with Crippen LogP contribution in [0.15, 0.2) is 12.1 Å². The van der Waals surface area contributed by atoms with Gasteiger partial charge in [0.15, 0.2) is 0 Å². The Morgan fingerprint density at radius 2 is 1.74 bits per heavy atom. The number of aromatic carboxylic acids is 2. The molecule has 1 atom stereocenters. The van der Waals surface area contributed by atoms with Crippen LogP contribution >= 0.6 is 0 Å². The molecule has 3 N–H and O–H groups in total. The molecule has 0 amide bonds. The zero-order chi connectivity index (χ0) is 14.4. The topological polar surface area (TPSA) is 104 Å². The van der Waals surface area contributed by atoms with Gasteiger partial charge in [-0.2, -0.15) is 0 Å². The molecule has 0 spiro atoms. The number of hydrogen-bond acceptors (Lipinski definition) is 4. The van der Waals surface area contributed by atoms with E-state index in [0.29, 0.717) is 12.0 Å². The summed E-state index contributed by atoms with van der Waals surface area (Å²) in [5, 5.41) is 28.1. The molecule has 6 heteroatoms. The number of aliphatic hydroxyl groups is 1. The standard InChI is InChI=1S/C13H14O6/c1-13(2)5-9(14)8-3-6(11(15)16)7(12(17)18)4-10(8)19-13/h3-4,9,14H,5H2,1-2H3,(H,15,16)(H,17,18). The number of hydrogen-bond donors (Lipinski definition) is 3. The van der Waals surface area contributed by atoms with Crippen molar-refractivity contribution in [1.29, 1.82) is 0 Å². The van der Waals surface area contributed by atoms with Gasteiger partial charge in [-0.1, -0.05) is 0 Å². The summed E-state index contributed by atoms with van der Waals surface area (Å²) in [5.74, 6) is -2.48. The van der Waals surface area contributed by atoms with Gasteiger partial charge in [0.05, 0.1) is 17.2 Å². The summed E-state index contributed by atoms with van der Waals surface area (Å²) in [5.41, 5.74) is -1.03. The summed E-state index contributed by atoms with van der Waals surface area (Å²) in [6.07, 6.45) is -0.564. The van der Waals surface area contributed by atoms with E-state index in [9.17, 15) is 14.7 Å². The first-order valence-electron chi connectivity index (χ1n) is 5.73. The maximum Gasteiger partial charge on any atom is 0.336 e. The maximum atomic E-state index is 11.1. The van der Waals surface area contributed by atoms with Crippen LogP contribution in [0.3, 0.4) is 0 Å². The highest BCUT2D eigenvalue weighted by Crippen LogP contribution is 2.40. The lowest BCUT2D eigenvalue weighted by atomic mass is 9.89. The Bertz CT molecular complexity index is 560. The van der Waals surface area contributed by atoms with Crippen LogP contribution < -0.4 is 4.74 Å². The van der Waals surface area contributed by atoms with Gasteiger partial charge in [-0.15, -0.1) is 0 Å². The summed E-state index contributed by atoms with van der Waals surface area (Å²) in [6.45, 7) is 3.54. The van der Waals surface area contributed by atoms with E-state index in [4.69, 9.17) is 14.9 Å². The highest BCUT2D eigenvalue weighted by Gasteiger charge is 2.34. The normalized spacial score (nSPS) is 20.3. The van der Waals surface area contributed by atoms with Crippen molar-refractivity contribution in [3.8, 4) is 5.75 Å². The summed E-state index contributed by atoms with van der Waals surface area (Å²) in [4.78, 5) is 22.1. The number of carboxylic acid groups (broad SMARTS) is 2. The number of carbonyl (C=O) groups is 2. The molecule has 1 aromatic rings. The van der Waals surface area contributed by atoms with E-state index in [-0.39, 0.29) is 16.9 Å². The number of ether oxygens (including phenoxy) is 1. The van der Waals surface area contributed by atoms with Crippen molar-refractivity contribution >= 4 is 11.9 Å². The molecule has 19 heavy (non-hydrogen) atoms. The predicted octanol–water partition coefficient (Wildman–Crippen LogP) is 1.68. The summed E-state index contributed by atoms with van der Waals surface area (Å²) >= 11 is 0. The second-order valence-electron chi connectivity index (χ2n) is 5.13. The van der Waals surface area contributed by atoms with Crippen LogP contribution in [0, 0.1) is 0 Å². The zero-order valence-electron chi connectivity index (χ0n) is 10.5. The minimum atomic E-state index is -1.35. The minimum absolute atomic E-state index is 0.214. The Morgan fingerprint density at radius 1 is 1.21 bits per heavy atom. The quantitative estimate of drug-likeness (QED) is 0.752. The molecule has 2 rings (SSSR count). The van der Waals surface area contributed by atoms with Crippen LogP contribution in [0.4, 0.5) is 0 Å². The fourth-order valence-electron chi connectivity index (χ4n) is 2.21. The molecule has 1 unspecified atom stereocenters. The largest absolute Gasteiger partial charge is 0.487 e. The number of benzene rings is 1. The van der Waals surface area contributed by atoms with Crippen molar-refractivity contribution in [2.24, 2.45) is 0 Å². The van der Waals surface area contributed by atoms with E-state index in [1.165, 1.54) is 6.07 Å². The van der Waals surface area contributed by atoms with Crippen LogP contribution in [-0.4, -0.2) is 32.9 Å². The van der Waals surface area contributed by atoms with E-state index in [0.717, 1.165) is 6.07 Å². The Morgan fingerprint density at radius 3 is 2.26 bits per heavy atom. The van der Waals surface area contributed by atoms with Gasteiger partial charge in [-0.3, -0.25) is 0 Å². The van der Waals surface area contributed by atoms with Gasteiger partial charge in [0.25, 0.3) is 0 Å². The third-order valence-electron chi connectivity index (χ3n) is 3.04. The number of aliphatic hydroxyl groups excluding tert-OH is 1. The van der Waals surface area contributed by atoms with Gasteiger partial charge in [-0.05, 0) is 26.0 Å². The fraction of sp³-hybridized carbons (Fsp3) is 0.385. The van der Waals surface area contributed by atoms with E-state index in [1.807, 2.05) is 0 Å². The lowest BCUT2D eigenvalue weighted by Gasteiger charge is -2.35. The molecule has 0 radical (unpaired) electrons. The molecule has 0 aliphatic carbocycles. The average Bonchev–Trinajstić information content (AvgIpc) is 2.25. The van der Waals surface area contributed by atoms with E-state index in [2.05, 4.69) is 0 Å². The number of fused-ring (bicyclic) bond motifs is 1. The van der Waals surface area contributed by atoms with E-state index in [1.54, 1.807) is 13.8 Å². The van der Waals surface area contributed by atoms with Crippen molar-refractivity contribution in [3.63, 3.8) is 0 Å². The molecular formula is C13H14O6. The molecular weight excluding hydrogens is 252 g/mol. The molecule has 6 nitrogen and oxygen atoms in total.